The van der Waals surface area contributed by atoms with Crippen molar-refractivity contribution in [2.45, 2.75) is 26.0 Å². The molecule has 0 unspecified atom stereocenters. The molecule has 2 aromatic carbocycles. The van der Waals surface area contributed by atoms with Crippen molar-refractivity contribution in [3.8, 4) is 0 Å². The summed E-state index contributed by atoms with van der Waals surface area (Å²) in [5, 5.41) is 0. The molecule has 2 aromatic rings. The van der Waals surface area contributed by atoms with E-state index in [1.165, 1.54) is 21.6 Å². The molecule has 0 atom stereocenters. The second-order valence-corrected chi connectivity index (χ2v) is 7.04. The summed E-state index contributed by atoms with van der Waals surface area (Å²) in [7, 11) is 0. The highest BCUT2D eigenvalue weighted by Gasteiger charge is 2.01. The Bertz CT molecular complexity index is 691. The van der Waals surface area contributed by atoms with Crippen molar-refractivity contribution in [1.29, 1.82) is 0 Å². The molecule has 0 aliphatic heterocycles. The van der Waals surface area contributed by atoms with Gasteiger partial charge in [0.25, 0.3) is 0 Å². The first-order valence-corrected chi connectivity index (χ1v) is 8.81. The predicted molar refractivity (Wildman–Crippen MR) is 105 cm³/mol. The van der Waals surface area contributed by atoms with Gasteiger partial charge in [-0.3, -0.25) is 0 Å². The van der Waals surface area contributed by atoms with E-state index < -0.39 is 0 Å². The van der Waals surface area contributed by atoms with Crippen LogP contribution in [-0.2, 0) is 12.2 Å². The van der Waals surface area contributed by atoms with Gasteiger partial charge in [0.15, 0.2) is 0 Å². The Morgan fingerprint density at radius 1 is 0.957 bits per heavy atom. The monoisotopic (exact) mass is 320 g/mol. The van der Waals surface area contributed by atoms with Crippen LogP contribution in [0.1, 0.15) is 23.6 Å². The lowest BCUT2D eigenvalue weighted by Gasteiger charge is -2.08. The fourth-order valence-corrected chi connectivity index (χ4v) is 3.04. The Balaban J connectivity index is 1.87. The zero-order valence-electron chi connectivity index (χ0n) is 14.0. The molecule has 2 rings (SSSR count). The molecule has 118 valence electrons. The minimum atomic E-state index is 0.853. The molecule has 0 heterocycles. The quantitative estimate of drug-likeness (QED) is 0.526. The topological polar surface area (TPSA) is 0 Å². The van der Waals surface area contributed by atoms with E-state index in [2.05, 4.69) is 81.6 Å². The Morgan fingerprint density at radius 3 is 2.26 bits per heavy atom. The summed E-state index contributed by atoms with van der Waals surface area (Å²) in [6, 6.07) is 19.1. The fraction of sp³-hybridized carbons (Fsp3) is 0.182. The van der Waals surface area contributed by atoms with Crippen LogP contribution in [-0.4, -0.2) is 0 Å². The van der Waals surface area contributed by atoms with E-state index in [-0.39, 0.29) is 0 Å². The fourth-order valence-electron chi connectivity index (χ4n) is 2.23. The summed E-state index contributed by atoms with van der Waals surface area (Å²) in [6.45, 7) is 12.6. The molecule has 0 saturated carbocycles. The summed E-state index contributed by atoms with van der Waals surface area (Å²) in [4.78, 5) is 1.27. The van der Waals surface area contributed by atoms with Crippen LogP contribution in [0.2, 0.25) is 0 Å². The summed E-state index contributed by atoms with van der Waals surface area (Å²) >= 11 is 1.85. The lowest BCUT2D eigenvalue weighted by molar-refractivity contribution is 1.18. The third-order valence-corrected chi connectivity index (χ3v) is 4.73. The predicted octanol–water partition coefficient (Wildman–Crippen LogP) is 6.49. The highest BCUT2D eigenvalue weighted by atomic mass is 32.2. The van der Waals surface area contributed by atoms with Crippen LogP contribution in [0.4, 0.5) is 0 Å². The number of hydrogen-bond acceptors (Lipinski definition) is 1. The van der Waals surface area contributed by atoms with Crippen molar-refractivity contribution in [3.05, 3.63) is 107 Å². The van der Waals surface area contributed by atoms with Crippen LogP contribution in [0.5, 0.6) is 0 Å². The van der Waals surface area contributed by atoms with Gasteiger partial charge >= 0.3 is 0 Å². The van der Waals surface area contributed by atoms with Crippen molar-refractivity contribution >= 4 is 11.8 Å². The Hall–Kier alpha value is -1.99. The van der Waals surface area contributed by atoms with Gasteiger partial charge in [0.1, 0.15) is 0 Å². The van der Waals surface area contributed by atoms with Crippen molar-refractivity contribution in [2.24, 2.45) is 0 Å². The first-order chi connectivity index (χ1) is 11.0. The molecule has 1 heteroatoms. The van der Waals surface area contributed by atoms with Gasteiger partial charge < -0.3 is 0 Å². The number of aryl methyl sites for hydroxylation is 1. The molecule has 0 nitrogen and oxygen atoms in total. The number of hydrogen-bond donors (Lipinski definition) is 0. The maximum absolute atomic E-state index is 4.18. The second-order valence-electron chi connectivity index (χ2n) is 5.82. The largest absolute Gasteiger partial charge is 0.126 e. The summed E-state index contributed by atoms with van der Waals surface area (Å²) in [6.07, 6.45) is 3.00. The van der Waals surface area contributed by atoms with Crippen molar-refractivity contribution in [1.82, 2.24) is 0 Å². The Morgan fingerprint density at radius 2 is 1.61 bits per heavy atom. The average Bonchev–Trinajstić information content (AvgIpc) is 2.55. The standard InChI is InChI=1S/C22H24S/c1-17-10-12-22(13-11-17)16-23-20(4)14-18(2)19(3)15-21-8-6-5-7-9-21/h5-14H,2-3,15-16H2,1,4H3/b20-14+. The normalized spacial score (nSPS) is 11.3. The van der Waals surface area contributed by atoms with Crippen LogP contribution in [0.25, 0.3) is 0 Å². The summed E-state index contributed by atoms with van der Waals surface area (Å²) in [5.41, 5.74) is 6.02. The van der Waals surface area contributed by atoms with Gasteiger partial charge in [-0.2, -0.15) is 0 Å². The van der Waals surface area contributed by atoms with Gasteiger partial charge in [-0.05, 0) is 53.5 Å². The highest BCUT2D eigenvalue weighted by molar-refractivity contribution is 8.02. The molecule has 0 aliphatic rings. The van der Waals surface area contributed by atoms with Crippen LogP contribution >= 0.6 is 11.8 Å². The van der Waals surface area contributed by atoms with Crippen LogP contribution in [0, 0.1) is 6.92 Å². The third-order valence-electron chi connectivity index (χ3n) is 3.68. The maximum Gasteiger partial charge on any atom is 0.0228 e. The molecule has 0 N–H and O–H groups in total. The summed E-state index contributed by atoms with van der Waals surface area (Å²) in [5.74, 6) is 0.987. The molecule has 0 bridgehead atoms. The SMILES string of the molecule is C=C(/C=C(\C)SCc1ccc(C)cc1)C(=C)Cc1ccccc1. The van der Waals surface area contributed by atoms with Gasteiger partial charge in [0.2, 0.25) is 0 Å². The van der Waals surface area contributed by atoms with Crippen molar-refractivity contribution < 1.29 is 0 Å². The molecule has 0 saturated heterocycles. The van der Waals surface area contributed by atoms with E-state index in [1.54, 1.807) is 0 Å². The highest BCUT2D eigenvalue weighted by Crippen LogP contribution is 2.24. The number of thioether (sulfide) groups is 1. The van der Waals surface area contributed by atoms with E-state index in [4.69, 9.17) is 0 Å². The Labute approximate surface area is 144 Å². The minimum absolute atomic E-state index is 0.853. The molecule has 0 aromatic heterocycles. The molecular weight excluding hydrogens is 296 g/mol. The lowest BCUT2D eigenvalue weighted by Crippen LogP contribution is -1.91. The van der Waals surface area contributed by atoms with Gasteiger partial charge in [0.05, 0.1) is 0 Å². The van der Waals surface area contributed by atoms with E-state index in [1.807, 2.05) is 17.8 Å². The van der Waals surface area contributed by atoms with Crippen molar-refractivity contribution in [3.63, 3.8) is 0 Å². The molecule has 0 amide bonds. The van der Waals surface area contributed by atoms with Crippen LogP contribution in [0.3, 0.4) is 0 Å². The second kappa shape index (κ2) is 8.59. The van der Waals surface area contributed by atoms with Crippen molar-refractivity contribution in [2.75, 3.05) is 0 Å². The number of rotatable bonds is 7. The molecule has 0 fully saturated rings. The number of benzene rings is 2. The molecule has 23 heavy (non-hydrogen) atoms. The minimum Gasteiger partial charge on any atom is -0.126 e. The van der Waals surface area contributed by atoms with Gasteiger partial charge in [0, 0.05) is 5.75 Å². The maximum atomic E-state index is 4.18. The van der Waals surface area contributed by atoms with Gasteiger partial charge in [-0.15, -0.1) is 11.8 Å². The third kappa shape index (κ3) is 5.96. The molecular formula is C22H24S. The lowest BCUT2D eigenvalue weighted by atomic mass is 10.0. The number of allylic oxidation sites excluding steroid dienone is 4. The molecule has 0 aliphatic carbocycles. The Kier molecular flexibility index (Phi) is 6.49. The van der Waals surface area contributed by atoms with Gasteiger partial charge in [-0.25, -0.2) is 0 Å². The van der Waals surface area contributed by atoms with E-state index in [9.17, 15) is 0 Å². The van der Waals surface area contributed by atoms with Crippen LogP contribution in [0.15, 0.2) is 89.9 Å². The first kappa shape index (κ1) is 17.4. The average molecular weight is 321 g/mol. The van der Waals surface area contributed by atoms with Crippen LogP contribution < -0.4 is 0 Å². The zero-order chi connectivity index (χ0) is 16.7. The smallest absolute Gasteiger partial charge is 0.0228 e. The van der Waals surface area contributed by atoms with E-state index >= 15 is 0 Å². The van der Waals surface area contributed by atoms with Gasteiger partial charge in [-0.1, -0.05) is 73.3 Å². The molecule has 0 spiro atoms. The molecule has 0 radical (unpaired) electrons. The van der Waals surface area contributed by atoms with E-state index in [0.29, 0.717) is 0 Å². The van der Waals surface area contributed by atoms with E-state index in [0.717, 1.165) is 23.3 Å². The first-order valence-electron chi connectivity index (χ1n) is 7.82. The zero-order valence-corrected chi connectivity index (χ0v) is 14.8. The summed E-state index contributed by atoms with van der Waals surface area (Å²) < 4.78 is 0.